The maximum atomic E-state index is 12.8. The molecule has 0 unspecified atom stereocenters. The van der Waals surface area contributed by atoms with E-state index >= 15 is 0 Å². The van der Waals surface area contributed by atoms with Gasteiger partial charge in [0.2, 0.25) is 5.91 Å². The molecule has 3 nitrogen and oxygen atoms in total. The van der Waals surface area contributed by atoms with Crippen LogP contribution in [0.2, 0.25) is 0 Å². The molecule has 130 valence electrons. The highest BCUT2D eigenvalue weighted by Gasteiger charge is 2.40. The van der Waals surface area contributed by atoms with Gasteiger partial charge in [0.05, 0.1) is 6.04 Å². The quantitative estimate of drug-likeness (QED) is 0.857. The number of hydrogen-bond acceptors (Lipinski definition) is 2. The molecule has 2 aromatic carbocycles. The molecule has 1 fully saturated rings. The summed E-state index contributed by atoms with van der Waals surface area (Å²) in [5.41, 5.74) is 5.97. The van der Waals surface area contributed by atoms with Gasteiger partial charge in [-0.05, 0) is 63.8 Å². The van der Waals surface area contributed by atoms with Gasteiger partial charge >= 0.3 is 0 Å². The molecular weight excluding hydrogens is 308 g/mol. The Kier molecular flexibility index (Phi) is 4.03. The summed E-state index contributed by atoms with van der Waals surface area (Å²) in [6.45, 7) is 6.40. The maximum absolute atomic E-state index is 12.8. The van der Waals surface area contributed by atoms with Gasteiger partial charge in [-0.25, -0.2) is 0 Å². The van der Waals surface area contributed by atoms with Crippen LogP contribution < -0.4 is 10.2 Å². The predicted octanol–water partition coefficient (Wildman–Crippen LogP) is 4.99. The third-order valence-electron chi connectivity index (χ3n) is 5.39. The summed E-state index contributed by atoms with van der Waals surface area (Å²) in [5.74, 6) is 0.560. The van der Waals surface area contributed by atoms with Gasteiger partial charge in [0, 0.05) is 23.3 Å². The molecule has 0 aromatic heterocycles. The molecule has 1 aliphatic heterocycles. The molecule has 1 saturated carbocycles. The average Bonchev–Trinajstić information content (AvgIpc) is 3.42. The van der Waals surface area contributed by atoms with Crippen LogP contribution in [0.4, 0.5) is 11.4 Å². The van der Waals surface area contributed by atoms with E-state index in [-0.39, 0.29) is 18.0 Å². The molecule has 4 rings (SSSR count). The van der Waals surface area contributed by atoms with E-state index in [0.717, 1.165) is 30.6 Å². The Labute approximate surface area is 150 Å². The van der Waals surface area contributed by atoms with E-state index in [2.05, 4.69) is 73.5 Å². The number of amides is 1. The van der Waals surface area contributed by atoms with E-state index in [4.69, 9.17) is 0 Å². The Morgan fingerprint density at radius 1 is 1.04 bits per heavy atom. The number of anilines is 2. The smallest absolute Gasteiger partial charge is 0.230 e. The van der Waals surface area contributed by atoms with E-state index in [1.54, 1.807) is 0 Å². The molecule has 2 aliphatic rings. The van der Waals surface area contributed by atoms with Crippen LogP contribution in [-0.4, -0.2) is 11.9 Å². The number of rotatable bonds is 3. The molecule has 1 heterocycles. The molecule has 1 amide bonds. The van der Waals surface area contributed by atoms with Crippen molar-refractivity contribution < 1.29 is 4.79 Å². The SMILES string of the molecule is Cc1ccc(N[C@H]2C[C@@H](C)N(C(=O)C3CC3)c3ccc(C)cc32)cc1. The van der Waals surface area contributed by atoms with Crippen LogP contribution in [0.1, 0.15) is 48.9 Å². The third kappa shape index (κ3) is 3.15. The van der Waals surface area contributed by atoms with E-state index in [1.165, 1.54) is 16.7 Å². The number of carbonyl (C=O) groups excluding carboxylic acids is 1. The van der Waals surface area contributed by atoms with Crippen LogP contribution in [0.3, 0.4) is 0 Å². The molecule has 2 atom stereocenters. The fourth-order valence-corrected chi connectivity index (χ4v) is 3.83. The molecule has 0 radical (unpaired) electrons. The number of carbonyl (C=O) groups is 1. The first-order chi connectivity index (χ1) is 12.0. The molecule has 3 heteroatoms. The summed E-state index contributed by atoms with van der Waals surface area (Å²) in [5, 5.41) is 3.69. The number of hydrogen-bond donors (Lipinski definition) is 1. The molecular formula is C22H26N2O. The van der Waals surface area contributed by atoms with E-state index < -0.39 is 0 Å². The maximum Gasteiger partial charge on any atom is 0.230 e. The van der Waals surface area contributed by atoms with Gasteiger partial charge < -0.3 is 10.2 Å². The second kappa shape index (κ2) is 6.21. The van der Waals surface area contributed by atoms with Gasteiger partial charge in [0.25, 0.3) is 0 Å². The van der Waals surface area contributed by atoms with Gasteiger partial charge in [-0.1, -0.05) is 35.4 Å². The minimum absolute atomic E-state index is 0.214. The molecule has 0 spiro atoms. The largest absolute Gasteiger partial charge is 0.378 e. The number of benzene rings is 2. The van der Waals surface area contributed by atoms with Crippen LogP contribution in [0.5, 0.6) is 0 Å². The topological polar surface area (TPSA) is 32.3 Å². The Balaban J connectivity index is 1.69. The van der Waals surface area contributed by atoms with Crippen molar-refractivity contribution in [3.63, 3.8) is 0 Å². The first kappa shape index (κ1) is 16.2. The van der Waals surface area contributed by atoms with Crippen LogP contribution in [0.25, 0.3) is 0 Å². The predicted molar refractivity (Wildman–Crippen MR) is 103 cm³/mol. The Bertz CT molecular complexity index is 792. The Morgan fingerprint density at radius 2 is 1.72 bits per heavy atom. The average molecular weight is 334 g/mol. The van der Waals surface area contributed by atoms with Gasteiger partial charge in [-0.2, -0.15) is 0 Å². The fraction of sp³-hybridized carbons (Fsp3) is 0.409. The standard InChI is InChI=1S/C22H26N2O/c1-14-4-9-18(10-5-14)23-20-13-16(3)24(22(25)17-7-8-17)21-11-6-15(2)12-19(20)21/h4-6,9-12,16-17,20,23H,7-8,13H2,1-3H3/t16-,20+/m1/s1. The number of aryl methyl sites for hydroxylation is 2. The van der Waals surface area contributed by atoms with Crippen molar-refractivity contribution in [2.45, 2.75) is 52.1 Å². The van der Waals surface area contributed by atoms with Crippen molar-refractivity contribution in [3.8, 4) is 0 Å². The zero-order valence-electron chi connectivity index (χ0n) is 15.3. The fourth-order valence-electron chi connectivity index (χ4n) is 3.83. The monoisotopic (exact) mass is 334 g/mol. The highest BCUT2D eigenvalue weighted by molar-refractivity contribution is 5.98. The lowest BCUT2D eigenvalue weighted by Gasteiger charge is -2.40. The van der Waals surface area contributed by atoms with Crippen molar-refractivity contribution >= 4 is 17.3 Å². The number of nitrogens with zero attached hydrogens (tertiary/aromatic N) is 1. The van der Waals surface area contributed by atoms with Crippen molar-refractivity contribution in [2.24, 2.45) is 5.92 Å². The van der Waals surface area contributed by atoms with Crippen molar-refractivity contribution in [1.29, 1.82) is 0 Å². The molecule has 1 N–H and O–H groups in total. The molecule has 25 heavy (non-hydrogen) atoms. The summed E-state index contributed by atoms with van der Waals surface area (Å²) in [6, 6.07) is 15.5. The summed E-state index contributed by atoms with van der Waals surface area (Å²) >= 11 is 0. The van der Waals surface area contributed by atoms with Crippen molar-refractivity contribution in [2.75, 3.05) is 10.2 Å². The second-order valence-corrected chi connectivity index (χ2v) is 7.69. The Hall–Kier alpha value is -2.29. The van der Waals surface area contributed by atoms with Crippen LogP contribution in [-0.2, 0) is 4.79 Å². The highest BCUT2D eigenvalue weighted by atomic mass is 16.2. The number of nitrogens with one attached hydrogen (secondary N) is 1. The Morgan fingerprint density at radius 3 is 2.40 bits per heavy atom. The first-order valence-corrected chi connectivity index (χ1v) is 9.30. The lowest BCUT2D eigenvalue weighted by atomic mass is 9.90. The van der Waals surface area contributed by atoms with Crippen molar-refractivity contribution in [3.05, 3.63) is 59.2 Å². The zero-order chi connectivity index (χ0) is 17.6. The molecule has 2 aromatic rings. The summed E-state index contributed by atoms with van der Waals surface area (Å²) in [7, 11) is 0. The van der Waals surface area contributed by atoms with Gasteiger partial charge in [-0.15, -0.1) is 0 Å². The van der Waals surface area contributed by atoms with Crippen LogP contribution in [0, 0.1) is 19.8 Å². The number of fused-ring (bicyclic) bond motifs is 1. The van der Waals surface area contributed by atoms with E-state index in [0.29, 0.717) is 5.91 Å². The van der Waals surface area contributed by atoms with E-state index in [9.17, 15) is 4.79 Å². The lowest BCUT2D eigenvalue weighted by molar-refractivity contribution is -0.120. The minimum atomic E-state index is 0.214. The summed E-state index contributed by atoms with van der Waals surface area (Å²) < 4.78 is 0. The van der Waals surface area contributed by atoms with E-state index in [1.807, 2.05) is 0 Å². The van der Waals surface area contributed by atoms with Crippen LogP contribution in [0.15, 0.2) is 42.5 Å². The summed E-state index contributed by atoms with van der Waals surface area (Å²) in [4.78, 5) is 14.9. The van der Waals surface area contributed by atoms with Crippen molar-refractivity contribution in [1.82, 2.24) is 0 Å². The van der Waals surface area contributed by atoms with Gasteiger partial charge in [-0.3, -0.25) is 4.79 Å². The molecule has 0 bridgehead atoms. The lowest BCUT2D eigenvalue weighted by Crippen LogP contribution is -2.45. The molecule has 1 aliphatic carbocycles. The van der Waals surface area contributed by atoms with Gasteiger partial charge in [0.15, 0.2) is 0 Å². The first-order valence-electron chi connectivity index (χ1n) is 9.30. The normalized spacial score (nSPS) is 22.4. The third-order valence-corrected chi connectivity index (χ3v) is 5.39. The highest BCUT2D eigenvalue weighted by Crippen LogP contribution is 2.42. The minimum Gasteiger partial charge on any atom is -0.378 e. The van der Waals surface area contributed by atoms with Gasteiger partial charge in [0.1, 0.15) is 0 Å². The molecule has 0 saturated heterocycles. The summed E-state index contributed by atoms with van der Waals surface area (Å²) in [6.07, 6.45) is 3.03. The zero-order valence-corrected chi connectivity index (χ0v) is 15.3. The second-order valence-electron chi connectivity index (χ2n) is 7.69. The van der Waals surface area contributed by atoms with Crippen LogP contribution >= 0.6 is 0 Å².